The van der Waals surface area contributed by atoms with Crippen molar-refractivity contribution in [2.45, 2.75) is 67.2 Å². The topological polar surface area (TPSA) is 90.1 Å². The minimum absolute atomic E-state index is 0.861. The molecule has 0 rings (SSSR count). The van der Waals surface area contributed by atoms with Crippen LogP contribution in [0.25, 0.3) is 0 Å². The molecule has 0 heterocycles. The second-order valence-electron chi connectivity index (χ2n) is 3.21. The summed E-state index contributed by atoms with van der Waals surface area (Å²) in [6, 6.07) is 0. The summed E-state index contributed by atoms with van der Waals surface area (Å²) in [5.74, 6) is 0. The van der Waals surface area contributed by atoms with Gasteiger partial charge in [0.1, 0.15) is 0 Å². The van der Waals surface area contributed by atoms with E-state index in [2.05, 4.69) is 44.1 Å². The molecule has 4 nitrogen and oxygen atoms in total. The summed E-state index contributed by atoms with van der Waals surface area (Å²) in [7, 11) is 3.00. The first-order chi connectivity index (χ1) is 10.2. The summed E-state index contributed by atoms with van der Waals surface area (Å²) in [5, 5.41) is 3.11. The molecule has 0 saturated heterocycles. The van der Waals surface area contributed by atoms with Gasteiger partial charge in [-0.25, -0.2) is 0 Å². The Kier molecular flexibility index (Phi) is 162. The standard InChI is InChI=1S/C6H15N.C4H11N.C3H6.C2H6.2CH5N/c1-2-3-4-5-6-7;1-3-5-4-2;1-3-2;3*1-2/h2-7H2,1H3;5H,3-4H2,1-2H3;3H,1H2,2H3;1-2H3;2*2H2,1H3. The van der Waals surface area contributed by atoms with Crippen LogP contribution in [0.5, 0.6) is 0 Å². The Labute approximate surface area is 136 Å². The smallest absolute Gasteiger partial charge is 0.00773 e. The molecule has 0 atom stereocenters. The van der Waals surface area contributed by atoms with Gasteiger partial charge >= 0.3 is 0 Å². The second-order valence-corrected chi connectivity index (χ2v) is 3.21. The number of rotatable bonds is 6. The van der Waals surface area contributed by atoms with Gasteiger partial charge in [-0.05, 0) is 47.1 Å². The maximum atomic E-state index is 5.27. The monoisotopic (exact) mass is 308 g/mol. The molecule has 0 radical (unpaired) electrons. The third-order valence-electron chi connectivity index (χ3n) is 1.56. The van der Waals surface area contributed by atoms with Crippen LogP contribution in [0, 0.1) is 0 Å². The largest absolute Gasteiger partial charge is 0.333 e. The number of unbranched alkanes of at least 4 members (excludes halogenated alkanes) is 3. The third-order valence-corrected chi connectivity index (χ3v) is 1.56. The summed E-state index contributed by atoms with van der Waals surface area (Å²) in [6.45, 7) is 18.7. The Hall–Kier alpha value is -0.420. The number of nitrogens with two attached hydrogens (primary N) is 3. The van der Waals surface area contributed by atoms with Crippen LogP contribution >= 0.6 is 0 Å². The molecule has 4 heteroatoms. The summed E-state index contributed by atoms with van der Waals surface area (Å²) >= 11 is 0. The average Bonchev–Trinajstić information content (AvgIpc) is 2.56. The fourth-order valence-electron chi connectivity index (χ4n) is 0.821. The summed E-state index contributed by atoms with van der Waals surface area (Å²) in [5.41, 5.74) is 14.3. The second kappa shape index (κ2) is 91.8. The van der Waals surface area contributed by atoms with Crippen LogP contribution in [-0.2, 0) is 0 Å². The van der Waals surface area contributed by atoms with E-state index < -0.39 is 0 Å². The molecule has 0 aliphatic carbocycles. The van der Waals surface area contributed by atoms with Crippen LogP contribution in [0.15, 0.2) is 12.7 Å². The van der Waals surface area contributed by atoms with E-state index in [0.29, 0.717) is 0 Å². The number of allylic oxidation sites excluding steroid dienone is 1. The first-order valence-corrected chi connectivity index (χ1v) is 8.38. The lowest BCUT2D eigenvalue weighted by Gasteiger charge is -1.90. The van der Waals surface area contributed by atoms with Gasteiger partial charge in [0.05, 0.1) is 0 Å². The van der Waals surface area contributed by atoms with Crippen molar-refractivity contribution >= 4 is 0 Å². The lowest BCUT2D eigenvalue weighted by atomic mass is 10.2. The lowest BCUT2D eigenvalue weighted by Crippen LogP contribution is -2.09. The highest BCUT2D eigenvalue weighted by molar-refractivity contribution is 4.51. The molecule has 0 spiro atoms. The van der Waals surface area contributed by atoms with Crippen LogP contribution in [0.4, 0.5) is 0 Å². The van der Waals surface area contributed by atoms with Gasteiger partial charge in [0.15, 0.2) is 0 Å². The molecular weight excluding hydrogens is 260 g/mol. The first-order valence-electron chi connectivity index (χ1n) is 8.38. The highest BCUT2D eigenvalue weighted by Crippen LogP contribution is 1.95. The van der Waals surface area contributed by atoms with Gasteiger partial charge in [0.2, 0.25) is 0 Å². The Morgan fingerprint density at radius 2 is 1.19 bits per heavy atom. The Bertz CT molecular complexity index is 82.9. The van der Waals surface area contributed by atoms with Gasteiger partial charge < -0.3 is 22.5 Å². The van der Waals surface area contributed by atoms with E-state index in [-0.39, 0.29) is 0 Å². The molecule has 0 aromatic carbocycles. The van der Waals surface area contributed by atoms with Gasteiger partial charge in [-0.15, -0.1) is 6.58 Å². The van der Waals surface area contributed by atoms with E-state index in [1.165, 1.54) is 39.8 Å². The molecule has 21 heavy (non-hydrogen) atoms. The summed E-state index contributed by atoms with van der Waals surface area (Å²) < 4.78 is 0. The zero-order valence-corrected chi connectivity index (χ0v) is 16.5. The van der Waals surface area contributed by atoms with E-state index in [9.17, 15) is 0 Å². The zero-order chi connectivity index (χ0) is 18.4. The van der Waals surface area contributed by atoms with Crippen molar-refractivity contribution in [3.8, 4) is 0 Å². The quantitative estimate of drug-likeness (QED) is 0.446. The van der Waals surface area contributed by atoms with Crippen molar-refractivity contribution in [3.63, 3.8) is 0 Å². The van der Waals surface area contributed by atoms with E-state index in [0.717, 1.165) is 19.6 Å². The molecule has 0 unspecified atom stereocenters. The van der Waals surface area contributed by atoms with Gasteiger partial charge in [0.25, 0.3) is 0 Å². The van der Waals surface area contributed by atoms with Crippen LogP contribution in [-0.4, -0.2) is 33.7 Å². The van der Waals surface area contributed by atoms with Gasteiger partial charge in [-0.3, -0.25) is 0 Å². The van der Waals surface area contributed by atoms with Crippen molar-refractivity contribution in [3.05, 3.63) is 12.7 Å². The first kappa shape index (κ1) is 37.1. The van der Waals surface area contributed by atoms with Crippen molar-refractivity contribution in [2.24, 2.45) is 17.2 Å². The van der Waals surface area contributed by atoms with E-state index in [4.69, 9.17) is 5.73 Å². The summed E-state index contributed by atoms with van der Waals surface area (Å²) in [4.78, 5) is 0. The van der Waals surface area contributed by atoms with Gasteiger partial charge in [-0.2, -0.15) is 0 Å². The van der Waals surface area contributed by atoms with Crippen LogP contribution < -0.4 is 22.5 Å². The van der Waals surface area contributed by atoms with Gasteiger partial charge in [-0.1, -0.05) is 60.0 Å². The highest BCUT2D eigenvalue weighted by atomic mass is 14.8. The highest BCUT2D eigenvalue weighted by Gasteiger charge is 1.80. The van der Waals surface area contributed by atoms with E-state index in [1.54, 1.807) is 6.08 Å². The van der Waals surface area contributed by atoms with Crippen molar-refractivity contribution in [1.82, 2.24) is 5.32 Å². The van der Waals surface area contributed by atoms with E-state index >= 15 is 0 Å². The molecule has 0 bridgehead atoms. The fourth-order valence-corrected chi connectivity index (χ4v) is 0.821. The molecule has 7 N–H and O–H groups in total. The Balaban J connectivity index is -0.0000000355. The maximum Gasteiger partial charge on any atom is -0.00773 e. The molecule has 0 aliphatic heterocycles. The molecule has 0 saturated carbocycles. The number of hydrogen-bond acceptors (Lipinski definition) is 4. The Morgan fingerprint density at radius 1 is 0.857 bits per heavy atom. The molecule has 0 amide bonds. The molecular formula is C17H48N4. The number of nitrogens with one attached hydrogen (secondary N) is 1. The minimum atomic E-state index is 0.861. The molecule has 0 aliphatic rings. The predicted octanol–water partition coefficient (Wildman–Crippen LogP) is 3.51. The van der Waals surface area contributed by atoms with Crippen LogP contribution in [0.1, 0.15) is 67.2 Å². The van der Waals surface area contributed by atoms with Crippen LogP contribution in [0.2, 0.25) is 0 Å². The molecule has 0 aromatic rings. The normalized spacial score (nSPS) is 6.62. The van der Waals surface area contributed by atoms with Crippen molar-refractivity contribution in [1.29, 1.82) is 0 Å². The van der Waals surface area contributed by atoms with Crippen molar-refractivity contribution < 1.29 is 0 Å². The Morgan fingerprint density at radius 3 is 1.33 bits per heavy atom. The lowest BCUT2D eigenvalue weighted by molar-refractivity contribution is 0.674. The van der Waals surface area contributed by atoms with Crippen LogP contribution in [0.3, 0.4) is 0 Å². The predicted molar refractivity (Wildman–Crippen MR) is 105 cm³/mol. The van der Waals surface area contributed by atoms with Gasteiger partial charge in [0, 0.05) is 0 Å². The van der Waals surface area contributed by atoms with Crippen molar-refractivity contribution in [2.75, 3.05) is 33.7 Å². The SMILES string of the molecule is C=CC.CC.CCCCCCN.CCNCC.CN.CN. The number of hydrogen-bond donors (Lipinski definition) is 4. The minimum Gasteiger partial charge on any atom is -0.333 e. The fraction of sp³-hybridized carbons (Fsp3) is 0.882. The van der Waals surface area contributed by atoms with E-state index in [1.807, 2.05) is 20.8 Å². The molecule has 136 valence electrons. The molecule has 0 aromatic heterocycles. The maximum absolute atomic E-state index is 5.27. The average molecular weight is 309 g/mol. The third kappa shape index (κ3) is 194. The zero-order valence-electron chi connectivity index (χ0n) is 16.5. The molecule has 0 fully saturated rings. The summed E-state index contributed by atoms with van der Waals surface area (Å²) in [6.07, 6.45) is 6.91.